The van der Waals surface area contributed by atoms with Gasteiger partial charge in [-0.15, -0.1) is 0 Å². The molecular weight excluding hydrogens is 242 g/mol. The van der Waals surface area contributed by atoms with Gasteiger partial charge in [0, 0.05) is 43.7 Å². The zero-order valence-electron chi connectivity index (χ0n) is 12.6. The van der Waals surface area contributed by atoms with Crippen LogP contribution in [0.3, 0.4) is 0 Å². The van der Waals surface area contributed by atoms with Gasteiger partial charge in [0.05, 0.1) is 0 Å². The number of hydrogen-bond donors (Lipinski definition) is 1. The van der Waals surface area contributed by atoms with Crippen LogP contribution in [0.1, 0.15) is 20.3 Å². The van der Waals surface area contributed by atoms with Crippen LogP contribution < -0.4 is 5.32 Å². The van der Waals surface area contributed by atoms with Crippen molar-refractivity contribution >= 4 is 11.8 Å². The number of nitrogens with zero attached hydrogens (tertiary/aromatic N) is 2. The van der Waals surface area contributed by atoms with Crippen molar-refractivity contribution < 1.29 is 0 Å². The van der Waals surface area contributed by atoms with Gasteiger partial charge in [-0.3, -0.25) is 0 Å². The lowest BCUT2D eigenvalue weighted by Crippen LogP contribution is -2.42. The van der Waals surface area contributed by atoms with Crippen LogP contribution in [0.4, 0.5) is 0 Å². The maximum atomic E-state index is 3.63. The Hall–Kier alpha value is 0.230. The van der Waals surface area contributed by atoms with Gasteiger partial charge >= 0.3 is 0 Å². The third-order valence-corrected chi connectivity index (χ3v) is 4.41. The van der Waals surface area contributed by atoms with Crippen LogP contribution >= 0.6 is 11.8 Å². The van der Waals surface area contributed by atoms with E-state index in [0.717, 1.165) is 12.0 Å². The lowest BCUT2D eigenvalue weighted by Gasteiger charge is -2.29. The maximum Gasteiger partial charge on any atom is 0.0170 e. The summed E-state index contributed by atoms with van der Waals surface area (Å²) < 4.78 is 0. The van der Waals surface area contributed by atoms with E-state index in [1.165, 1.54) is 50.7 Å². The van der Waals surface area contributed by atoms with Crippen LogP contribution in [0, 0.1) is 5.92 Å². The second kappa shape index (κ2) is 9.18. The van der Waals surface area contributed by atoms with Gasteiger partial charge in [0.2, 0.25) is 0 Å². The Balaban J connectivity index is 2.25. The number of likely N-dealkylation sites (N-methyl/N-ethyl adjacent to an activating group) is 1. The molecule has 1 rings (SSSR count). The predicted octanol–water partition coefficient (Wildman–Crippen LogP) is 1.60. The van der Waals surface area contributed by atoms with E-state index in [9.17, 15) is 0 Å². The SMILES string of the molecule is CC(C)CN(CCC1CSCCN1)CCN(C)C. The number of rotatable bonds is 8. The summed E-state index contributed by atoms with van der Waals surface area (Å²) in [6.45, 7) is 10.7. The molecule has 0 aromatic heterocycles. The average Bonchev–Trinajstić information content (AvgIpc) is 2.33. The third-order valence-electron chi connectivity index (χ3n) is 3.28. The van der Waals surface area contributed by atoms with Gasteiger partial charge < -0.3 is 15.1 Å². The topological polar surface area (TPSA) is 18.5 Å². The minimum absolute atomic E-state index is 0.734. The predicted molar refractivity (Wildman–Crippen MR) is 83.6 cm³/mol. The molecular formula is C14H31N3S. The first-order valence-corrected chi connectivity index (χ1v) is 8.41. The summed E-state index contributed by atoms with van der Waals surface area (Å²) in [7, 11) is 4.32. The van der Waals surface area contributed by atoms with E-state index >= 15 is 0 Å². The second-order valence-corrected chi connectivity index (χ2v) is 7.16. The van der Waals surface area contributed by atoms with Gasteiger partial charge in [0.25, 0.3) is 0 Å². The van der Waals surface area contributed by atoms with Gasteiger partial charge in [0.1, 0.15) is 0 Å². The fraction of sp³-hybridized carbons (Fsp3) is 1.00. The van der Waals surface area contributed by atoms with E-state index in [4.69, 9.17) is 0 Å². The van der Waals surface area contributed by atoms with Gasteiger partial charge in [0.15, 0.2) is 0 Å². The summed E-state index contributed by atoms with van der Waals surface area (Å²) in [5.41, 5.74) is 0. The molecule has 3 nitrogen and oxygen atoms in total. The summed E-state index contributed by atoms with van der Waals surface area (Å²) in [6, 6.07) is 0.734. The highest BCUT2D eigenvalue weighted by atomic mass is 32.2. The zero-order valence-corrected chi connectivity index (χ0v) is 13.4. The highest BCUT2D eigenvalue weighted by molar-refractivity contribution is 7.99. The molecule has 0 radical (unpaired) electrons. The first kappa shape index (κ1) is 16.3. The first-order valence-electron chi connectivity index (χ1n) is 7.26. The van der Waals surface area contributed by atoms with Crippen LogP contribution in [0.2, 0.25) is 0 Å². The van der Waals surface area contributed by atoms with Crippen LogP contribution in [-0.4, -0.2) is 74.2 Å². The molecule has 1 unspecified atom stereocenters. The summed E-state index contributed by atoms with van der Waals surface area (Å²) >= 11 is 2.10. The molecule has 0 spiro atoms. The van der Waals surface area contributed by atoms with Crippen LogP contribution in [0.25, 0.3) is 0 Å². The molecule has 0 bridgehead atoms. The molecule has 1 saturated heterocycles. The Morgan fingerprint density at radius 2 is 2.00 bits per heavy atom. The molecule has 0 aromatic carbocycles. The molecule has 4 heteroatoms. The van der Waals surface area contributed by atoms with Crippen molar-refractivity contribution in [3.8, 4) is 0 Å². The lowest BCUT2D eigenvalue weighted by atomic mass is 10.1. The Morgan fingerprint density at radius 3 is 2.56 bits per heavy atom. The highest BCUT2D eigenvalue weighted by Crippen LogP contribution is 2.11. The summed E-state index contributed by atoms with van der Waals surface area (Å²) in [5.74, 6) is 3.34. The Kier molecular flexibility index (Phi) is 8.31. The fourth-order valence-corrected chi connectivity index (χ4v) is 3.29. The van der Waals surface area contributed by atoms with Crippen molar-refractivity contribution in [2.45, 2.75) is 26.3 Å². The fourth-order valence-electron chi connectivity index (χ4n) is 2.30. The monoisotopic (exact) mass is 273 g/mol. The Bertz CT molecular complexity index is 203. The van der Waals surface area contributed by atoms with E-state index in [2.05, 4.69) is 54.8 Å². The van der Waals surface area contributed by atoms with Crippen LogP contribution in [-0.2, 0) is 0 Å². The van der Waals surface area contributed by atoms with Crippen molar-refractivity contribution in [2.24, 2.45) is 5.92 Å². The molecule has 1 aliphatic rings. The largest absolute Gasteiger partial charge is 0.312 e. The molecule has 0 saturated carbocycles. The van der Waals surface area contributed by atoms with Gasteiger partial charge in [-0.25, -0.2) is 0 Å². The van der Waals surface area contributed by atoms with Crippen LogP contribution in [0.15, 0.2) is 0 Å². The number of thioether (sulfide) groups is 1. The summed E-state index contributed by atoms with van der Waals surface area (Å²) in [5, 5.41) is 3.63. The molecule has 1 aliphatic heterocycles. The first-order chi connectivity index (χ1) is 8.58. The number of nitrogens with one attached hydrogen (secondary N) is 1. The van der Waals surface area contributed by atoms with E-state index in [1.54, 1.807) is 0 Å². The standard InChI is InChI=1S/C14H31N3S/c1-13(2)11-17(9-8-16(3)4)7-5-14-12-18-10-6-15-14/h13-15H,5-12H2,1-4H3. The molecule has 1 N–H and O–H groups in total. The molecule has 1 heterocycles. The molecule has 108 valence electrons. The van der Waals surface area contributed by atoms with Crippen molar-refractivity contribution in [1.82, 2.24) is 15.1 Å². The lowest BCUT2D eigenvalue weighted by molar-refractivity contribution is 0.210. The summed E-state index contributed by atoms with van der Waals surface area (Å²) in [4.78, 5) is 4.91. The van der Waals surface area contributed by atoms with E-state index < -0.39 is 0 Å². The smallest absolute Gasteiger partial charge is 0.0170 e. The minimum Gasteiger partial charge on any atom is -0.312 e. The maximum absolute atomic E-state index is 3.63. The molecule has 18 heavy (non-hydrogen) atoms. The van der Waals surface area contributed by atoms with E-state index in [0.29, 0.717) is 0 Å². The number of hydrogen-bond acceptors (Lipinski definition) is 4. The zero-order chi connectivity index (χ0) is 13.4. The van der Waals surface area contributed by atoms with Gasteiger partial charge in [-0.1, -0.05) is 13.8 Å². The average molecular weight is 273 g/mol. The molecule has 0 aliphatic carbocycles. The second-order valence-electron chi connectivity index (χ2n) is 6.01. The molecule has 0 aromatic rings. The normalized spacial score (nSPS) is 21.2. The van der Waals surface area contributed by atoms with E-state index in [1.807, 2.05) is 0 Å². The summed E-state index contributed by atoms with van der Waals surface area (Å²) in [6.07, 6.45) is 1.30. The van der Waals surface area contributed by atoms with Crippen molar-refractivity contribution in [3.05, 3.63) is 0 Å². The third kappa shape index (κ3) is 7.62. The minimum atomic E-state index is 0.734. The molecule has 1 atom stereocenters. The Labute approximate surface area is 118 Å². The van der Waals surface area contributed by atoms with Gasteiger partial charge in [-0.05, 0) is 33.0 Å². The molecule has 1 fully saturated rings. The Morgan fingerprint density at radius 1 is 1.22 bits per heavy atom. The van der Waals surface area contributed by atoms with Crippen molar-refractivity contribution in [2.75, 3.05) is 58.3 Å². The highest BCUT2D eigenvalue weighted by Gasteiger charge is 2.15. The molecule has 0 amide bonds. The van der Waals surface area contributed by atoms with Gasteiger partial charge in [-0.2, -0.15) is 11.8 Å². The van der Waals surface area contributed by atoms with Crippen molar-refractivity contribution in [1.29, 1.82) is 0 Å². The van der Waals surface area contributed by atoms with Crippen molar-refractivity contribution in [3.63, 3.8) is 0 Å². The quantitative estimate of drug-likeness (QED) is 0.724. The van der Waals surface area contributed by atoms with Crippen LogP contribution in [0.5, 0.6) is 0 Å². The van der Waals surface area contributed by atoms with E-state index in [-0.39, 0.29) is 0 Å².